The van der Waals surface area contributed by atoms with Crippen LogP contribution in [0.3, 0.4) is 0 Å². The van der Waals surface area contributed by atoms with E-state index in [0.29, 0.717) is 67.8 Å². The molecule has 49 heavy (non-hydrogen) atoms. The Hall–Kier alpha value is -3.03. The Morgan fingerprint density at radius 2 is 1.86 bits per heavy atom. The summed E-state index contributed by atoms with van der Waals surface area (Å²) < 4.78 is 81.0. The Kier molecular flexibility index (Phi) is 10.7. The van der Waals surface area contributed by atoms with Crippen LogP contribution >= 0.6 is 11.8 Å². The number of amides is 1. The predicted molar refractivity (Wildman–Crippen MR) is 173 cm³/mol. The molecule has 268 valence electrons. The molecule has 1 N–H and O–H groups in total. The van der Waals surface area contributed by atoms with Crippen molar-refractivity contribution in [2.24, 2.45) is 0 Å². The van der Waals surface area contributed by atoms with Crippen LogP contribution in [0.2, 0.25) is 0 Å². The third-order valence-electron chi connectivity index (χ3n) is 9.18. The van der Waals surface area contributed by atoms with Gasteiger partial charge in [0.2, 0.25) is 21.8 Å². The van der Waals surface area contributed by atoms with Crippen molar-refractivity contribution in [1.29, 1.82) is 0 Å². The SMILES string of the molecule is Cc1noc(C2CCN(CC(O)Cn3nc(-c4ccc(C(F)(F)F)c(SCC(=O)N5CCOCC5)c4)c4c3CCN(S(C)(=O)=O)C4)CC2)n1. The molecule has 1 amide bonds. The molecule has 1 unspecified atom stereocenters. The van der Waals surface area contributed by atoms with Crippen LogP contribution in [0.5, 0.6) is 0 Å². The first-order valence-corrected chi connectivity index (χ1v) is 19.0. The number of hydrogen-bond donors (Lipinski definition) is 1. The smallest absolute Gasteiger partial charge is 0.390 e. The van der Waals surface area contributed by atoms with Gasteiger partial charge in [-0.05, 0) is 45.0 Å². The van der Waals surface area contributed by atoms with Gasteiger partial charge in [-0.25, -0.2) is 8.42 Å². The van der Waals surface area contributed by atoms with Gasteiger partial charge in [-0.3, -0.25) is 9.48 Å². The van der Waals surface area contributed by atoms with Gasteiger partial charge in [0, 0.05) is 66.8 Å². The van der Waals surface area contributed by atoms with Crippen molar-refractivity contribution < 1.29 is 40.8 Å². The van der Waals surface area contributed by atoms with Crippen molar-refractivity contribution in [3.05, 3.63) is 46.7 Å². The Labute approximate surface area is 286 Å². The molecule has 3 aromatic rings. The number of ether oxygens (including phenoxy) is 1. The second-order valence-electron chi connectivity index (χ2n) is 12.7. The van der Waals surface area contributed by atoms with Crippen LogP contribution in [0.1, 0.15) is 47.3 Å². The number of piperidine rings is 1. The number of likely N-dealkylation sites (tertiary alicyclic amines) is 1. The first-order valence-electron chi connectivity index (χ1n) is 16.2. The molecule has 1 atom stereocenters. The summed E-state index contributed by atoms with van der Waals surface area (Å²) >= 11 is 0.812. The average Bonchev–Trinajstić information content (AvgIpc) is 3.66. The van der Waals surface area contributed by atoms with E-state index in [2.05, 4.69) is 15.0 Å². The van der Waals surface area contributed by atoms with Gasteiger partial charge in [-0.2, -0.15) is 27.6 Å². The molecule has 6 rings (SSSR count). The van der Waals surface area contributed by atoms with Crippen molar-refractivity contribution in [3.63, 3.8) is 0 Å². The molecule has 0 saturated carbocycles. The van der Waals surface area contributed by atoms with Crippen LogP contribution in [0.15, 0.2) is 27.6 Å². The Balaban J connectivity index is 1.23. The fourth-order valence-electron chi connectivity index (χ4n) is 6.60. The van der Waals surface area contributed by atoms with Gasteiger partial charge >= 0.3 is 6.18 Å². The number of β-amino-alcohol motifs (C(OH)–C–C–N with tert-alkyl or cyclic N) is 1. The number of aliphatic hydroxyl groups is 1. The Morgan fingerprint density at radius 1 is 1.12 bits per heavy atom. The first kappa shape index (κ1) is 35.8. The van der Waals surface area contributed by atoms with Crippen molar-refractivity contribution >= 4 is 27.7 Å². The molecule has 3 aliphatic heterocycles. The summed E-state index contributed by atoms with van der Waals surface area (Å²) in [6, 6.07) is 3.68. The molecule has 2 fully saturated rings. The van der Waals surface area contributed by atoms with Crippen LogP contribution in [-0.4, -0.2) is 124 Å². The average molecular weight is 728 g/mol. The minimum Gasteiger partial charge on any atom is -0.390 e. The number of aliphatic hydroxyl groups excluding tert-OH is 1. The van der Waals surface area contributed by atoms with Gasteiger partial charge in [0.05, 0.1) is 49.1 Å². The summed E-state index contributed by atoms with van der Waals surface area (Å²) in [5.74, 6) is 0.932. The standard InChI is InChI=1S/C31H40F3N7O6S2/c1-20-35-30(47-37-20)21-5-8-38(9-6-21)16-23(42)17-41-26-7-10-40(49(2,44)45)18-24(26)29(36-41)22-3-4-25(31(32,33)34)27(15-22)48-19-28(43)39-11-13-46-14-12-39/h3-4,15,21,23,42H,5-14,16-19H2,1-2H3. The van der Waals surface area contributed by atoms with Crippen molar-refractivity contribution in [2.45, 2.75) is 62.4 Å². The van der Waals surface area contributed by atoms with E-state index in [0.717, 1.165) is 55.7 Å². The van der Waals surface area contributed by atoms with Gasteiger partial charge in [-0.1, -0.05) is 11.2 Å². The zero-order valence-electron chi connectivity index (χ0n) is 27.4. The van der Waals surface area contributed by atoms with E-state index in [-0.39, 0.29) is 42.1 Å². The number of aromatic nitrogens is 4. The number of morpholine rings is 1. The van der Waals surface area contributed by atoms with Gasteiger partial charge in [0.1, 0.15) is 0 Å². The maximum atomic E-state index is 14.1. The maximum Gasteiger partial charge on any atom is 0.417 e. The number of rotatable bonds is 10. The van der Waals surface area contributed by atoms with E-state index in [1.165, 1.54) is 16.4 Å². The zero-order valence-corrected chi connectivity index (χ0v) is 29.0. The summed E-state index contributed by atoms with van der Waals surface area (Å²) in [5, 5.41) is 19.8. The zero-order chi connectivity index (χ0) is 34.9. The third-order valence-corrected chi connectivity index (χ3v) is 11.5. The molecule has 0 bridgehead atoms. The highest BCUT2D eigenvalue weighted by atomic mass is 32.2. The van der Waals surface area contributed by atoms with E-state index in [4.69, 9.17) is 14.4 Å². The minimum atomic E-state index is -4.66. The summed E-state index contributed by atoms with van der Waals surface area (Å²) in [7, 11) is -3.57. The lowest BCUT2D eigenvalue weighted by Gasteiger charge is -2.32. The molecule has 0 aliphatic carbocycles. The largest absolute Gasteiger partial charge is 0.417 e. The number of hydrogen-bond acceptors (Lipinski definition) is 11. The number of carbonyl (C=O) groups excluding carboxylic acids is 1. The van der Waals surface area contributed by atoms with Gasteiger partial charge in [-0.15, -0.1) is 11.8 Å². The number of fused-ring (bicyclic) bond motifs is 1. The molecular weight excluding hydrogens is 688 g/mol. The minimum absolute atomic E-state index is 0.00126. The van der Waals surface area contributed by atoms with Crippen LogP contribution in [0, 0.1) is 6.92 Å². The predicted octanol–water partition coefficient (Wildman–Crippen LogP) is 2.77. The fraction of sp³-hybridized carbons (Fsp3) is 0.613. The van der Waals surface area contributed by atoms with Crippen molar-refractivity contribution in [3.8, 4) is 11.3 Å². The van der Waals surface area contributed by atoms with E-state index in [1.807, 2.05) is 0 Å². The summed E-state index contributed by atoms with van der Waals surface area (Å²) in [6.07, 6.45) is -2.40. The number of nitrogens with zero attached hydrogens (tertiary/aromatic N) is 7. The molecule has 3 aliphatic rings. The summed E-state index contributed by atoms with van der Waals surface area (Å²) in [5.41, 5.74) is 1.17. The fourth-order valence-corrected chi connectivity index (χ4v) is 8.39. The van der Waals surface area contributed by atoms with Gasteiger partial charge in [0.25, 0.3) is 0 Å². The topological polar surface area (TPSA) is 147 Å². The molecular formula is C31H40F3N7O6S2. The molecule has 0 radical (unpaired) electrons. The van der Waals surface area contributed by atoms with Crippen LogP contribution in [0.4, 0.5) is 13.2 Å². The molecule has 0 spiro atoms. The maximum absolute atomic E-state index is 14.1. The molecule has 5 heterocycles. The monoisotopic (exact) mass is 727 g/mol. The molecule has 13 nitrogen and oxygen atoms in total. The number of thioether (sulfide) groups is 1. The number of benzene rings is 1. The van der Waals surface area contributed by atoms with E-state index >= 15 is 0 Å². The van der Waals surface area contributed by atoms with E-state index < -0.39 is 27.9 Å². The lowest BCUT2D eigenvalue weighted by atomic mass is 9.96. The third kappa shape index (κ3) is 8.48. The second kappa shape index (κ2) is 14.7. The quantitative estimate of drug-likeness (QED) is 0.308. The van der Waals surface area contributed by atoms with Gasteiger partial charge < -0.3 is 24.2 Å². The Bertz CT molecular complexity index is 1750. The van der Waals surface area contributed by atoms with Crippen molar-refractivity contribution in [1.82, 2.24) is 34.0 Å². The number of aryl methyl sites for hydroxylation is 1. The highest BCUT2D eigenvalue weighted by molar-refractivity contribution is 8.00. The van der Waals surface area contributed by atoms with Gasteiger partial charge in [0.15, 0.2) is 5.82 Å². The molecule has 18 heteroatoms. The van der Waals surface area contributed by atoms with Crippen LogP contribution in [-0.2, 0) is 45.2 Å². The van der Waals surface area contributed by atoms with Crippen LogP contribution in [0.25, 0.3) is 11.3 Å². The molecule has 2 saturated heterocycles. The second-order valence-corrected chi connectivity index (χ2v) is 15.7. The normalized spacial score (nSPS) is 19.3. The summed E-state index contributed by atoms with van der Waals surface area (Å²) in [6.45, 7) is 5.50. The van der Waals surface area contributed by atoms with Crippen molar-refractivity contribution in [2.75, 3.05) is 64.5 Å². The van der Waals surface area contributed by atoms with Crippen LogP contribution < -0.4 is 0 Å². The highest BCUT2D eigenvalue weighted by Crippen LogP contribution is 2.40. The lowest BCUT2D eigenvalue weighted by Crippen LogP contribution is -2.41. The lowest BCUT2D eigenvalue weighted by molar-refractivity contribution is -0.139. The first-order chi connectivity index (χ1) is 23.3. The van der Waals surface area contributed by atoms with E-state index in [9.17, 15) is 31.5 Å². The molecule has 2 aromatic heterocycles. The number of alkyl halides is 3. The Morgan fingerprint density at radius 3 is 2.51 bits per heavy atom. The number of sulfonamides is 1. The highest BCUT2D eigenvalue weighted by Gasteiger charge is 2.36. The van der Waals surface area contributed by atoms with E-state index in [1.54, 1.807) is 16.5 Å². The molecule has 1 aromatic carbocycles. The number of halogens is 3. The number of carbonyl (C=O) groups is 1. The summed E-state index contributed by atoms with van der Waals surface area (Å²) in [4.78, 5) is 20.8.